The van der Waals surface area contributed by atoms with Crippen molar-refractivity contribution in [3.05, 3.63) is 59.7 Å². The molecule has 1 aromatic carbocycles. The molecular weight excluding hydrogens is 505 g/mol. The topological polar surface area (TPSA) is 107 Å². The maximum Gasteiger partial charge on any atom is 0.216 e. The van der Waals surface area contributed by atoms with Crippen LogP contribution < -0.4 is 10.6 Å². The van der Waals surface area contributed by atoms with Crippen LogP contribution in [0.1, 0.15) is 23.9 Å². The monoisotopic (exact) mass is 533 g/mol. The number of benzene rings is 1. The minimum absolute atomic E-state index is 0. The number of H-pyrrole nitrogens is 2. The molecule has 0 unspecified atom stereocenters. The predicted octanol–water partition coefficient (Wildman–Crippen LogP) is 3.81. The molecule has 0 bridgehead atoms. The van der Waals surface area contributed by atoms with E-state index in [0.717, 1.165) is 31.3 Å². The molecule has 4 N–H and O–H groups in total. The van der Waals surface area contributed by atoms with Crippen molar-refractivity contribution >= 4 is 40.8 Å². The van der Waals surface area contributed by atoms with E-state index in [1.54, 1.807) is 6.26 Å². The summed E-state index contributed by atoms with van der Waals surface area (Å²) in [5.74, 6) is 2.82. The molecule has 0 saturated heterocycles. The van der Waals surface area contributed by atoms with E-state index in [0.29, 0.717) is 24.6 Å². The number of aromatic nitrogens is 4. The average molecular weight is 533 g/mol. The highest BCUT2D eigenvalue weighted by molar-refractivity contribution is 14.0. The number of furan rings is 1. The molecule has 3 aromatic heterocycles. The van der Waals surface area contributed by atoms with Crippen molar-refractivity contribution < 1.29 is 4.42 Å². The Labute approximate surface area is 198 Å². The molecule has 0 radical (unpaired) electrons. The van der Waals surface area contributed by atoms with Crippen LogP contribution in [0.4, 0.5) is 0 Å². The number of guanidine groups is 1. The lowest BCUT2D eigenvalue weighted by Crippen LogP contribution is -2.38. The van der Waals surface area contributed by atoms with E-state index in [4.69, 9.17) is 4.42 Å². The Morgan fingerprint density at radius 1 is 1.19 bits per heavy atom. The second kappa shape index (κ2) is 11.0. The van der Waals surface area contributed by atoms with Gasteiger partial charge in [0.1, 0.15) is 5.82 Å². The summed E-state index contributed by atoms with van der Waals surface area (Å²) >= 11 is 0. The molecule has 0 aliphatic carbocycles. The van der Waals surface area contributed by atoms with Gasteiger partial charge in [-0.3, -0.25) is 10.1 Å². The Bertz CT molecular complexity index is 1110. The number of hydrogen-bond donors (Lipinski definition) is 4. The molecule has 4 rings (SSSR count). The van der Waals surface area contributed by atoms with E-state index in [9.17, 15) is 0 Å². The molecule has 3 heterocycles. The number of aryl methyl sites for hydroxylation is 1. The summed E-state index contributed by atoms with van der Waals surface area (Å²) in [5, 5.41) is 15.1. The highest BCUT2D eigenvalue weighted by Gasteiger charge is 2.08. The van der Waals surface area contributed by atoms with Gasteiger partial charge in [-0.25, -0.2) is 4.98 Å². The quantitative estimate of drug-likeness (QED) is 0.157. The van der Waals surface area contributed by atoms with Crippen LogP contribution in [0.3, 0.4) is 0 Å². The van der Waals surface area contributed by atoms with E-state index in [-0.39, 0.29) is 24.0 Å². The lowest BCUT2D eigenvalue weighted by Gasteiger charge is -2.11. The third-order valence-corrected chi connectivity index (χ3v) is 4.85. The van der Waals surface area contributed by atoms with Crippen LogP contribution in [0.25, 0.3) is 22.5 Å². The summed E-state index contributed by atoms with van der Waals surface area (Å²) < 4.78 is 5.32. The van der Waals surface area contributed by atoms with Gasteiger partial charge in [0.25, 0.3) is 0 Å². The Kier molecular flexibility index (Phi) is 8.10. The number of rotatable bonds is 8. The fraction of sp³-hybridized carbons (Fsp3) is 0.318. The normalized spacial score (nSPS) is 11.5. The van der Waals surface area contributed by atoms with E-state index in [1.807, 2.05) is 12.1 Å². The van der Waals surface area contributed by atoms with Crippen LogP contribution >= 0.6 is 24.0 Å². The Morgan fingerprint density at radius 2 is 2.10 bits per heavy atom. The van der Waals surface area contributed by atoms with Gasteiger partial charge in [0, 0.05) is 43.2 Å². The zero-order valence-corrected chi connectivity index (χ0v) is 20.1. The van der Waals surface area contributed by atoms with Crippen molar-refractivity contribution in [2.24, 2.45) is 4.99 Å². The number of aliphatic imine (C=N–C) groups is 1. The van der Waals surface area contributed by atoms with E-state index in [1.165, 1.54) is 22.0 Å². The number of nitrogens with one attached hydrogen (secondary N) is 4. The van der Waals surface area contributed by atoms with Crippen molar-refractivity contribution in [3.8, 4) is 11.6 Å². The van der Waals surface area contributed by atoms with Crippen molar-refractivity contribution in [3.63, 3.8) is 0 Å². The van der Waals surface area contributed by atoms with Gasteiger partial charge in [0.05, 0.1) is 6.26 Å². The molecule has 0 atom stereocenters. The SMILES string of the molecule is CCNC(=NCCc1nc(-c2ccco2)n[nH]1)NCCc1c[nH]c2cc(C)ccc12.I. The van der Waals surface area contributed by atoms with Crippen LogP contribution in [0.2, 0.25) is 0 Å². The molecule has 0 aliphatic rings. The molecule has 0 fully saturated rings. The first-order valence-electron chi connectivity index (χ1n) is 10.3. The van der Waals surface area contributed by atoms with Crippen molar-refractivity contribution in [2.45, 2.75) is 26.7 Å². The van der Waals surface area contributed by atoms with Crippen LogP contribution in [-0.4, -0.2) is 45.8 Å². The number of nitrogens with zero attached hydrogens (tertiary/aromatic N) is 3. The summed E-state index contributed by atoms with van der Waals surface area (Å²) in [6.45, 7) is 6.39. The first-order chi connectivity index (χ1) is 14.7. The van der Waals surface area contributed by atoms with E-state index < -0.39 is 0 Å². The van der Waals surface area contributed by atoms with Crippen LogP contribution in [0.15, 0.2) is 52.2 Å². The molecule has 0 aliphatic heterocycles. The standard InChI is InChI=1S/C22H27N7O.HI/c1-3-23-22(24-10-8-16-14-26-18-13-15(2)6-7-17(16)18)25-11-9-20-27-21(29-28-20)19-5-4-12-30-19;/h4-7,12-14,26H,3,8-11H2,1-2H3,(H2,23,24,25)(H,27,28,29);1H. The largest absolute Gasteiger partial charge is 0.461 e. The molecule has 0 amide bonds. The summed E-state index contributed by atoms with van der Waals surface area (Å²) in [5.41, 5.74) is 3.76. The zero-order chi connectivity index (χ0) is 20.8. The third-order valence-electron chi connectivity index (χ3n) is 4.85. The summed E-state index contributed by atoms with van der Waals surface area (Å²) in [4.78, 5) is 12.5. The van der Waals surface area contributed by atoms with Crippen molar-refractivity contribution in [1.29, 1.82) is 0 Å². The number of aromatic amines is 2. The van der Waals surface area contributed by atoms with Crippen LogP contribution in [-0.2, 0) is 12.8 Å². The summed E-state index contributed by atoms with van der Waals surface area (Å²) in [6, 6.07) is 10.2. The minimum atomic E-state index is 0. The second-order valence-corrected chi connectivity index (χ2v) is 7.13. The highest BCUT2D eigenvalue weighted by Crippen LogP contribution is 2.19. The van der Waals surface area contributed by atoms with E-state index >= 15 is 0 Å². The summed E-state index contributed by atoms with van der Waals surface area (Å²) in [7, 11) is 0. The number of fused-ring (bicyclic) bond motifs is 1. The van der Waals surface area contributed by atoms with Gasteiger partial charge in [-0.1, -0.05) is 12.1 Å². The Morgan fingerprint density at radius 3 is 2.90 bits per heavy atom. The zero-order valence-electron chi connectivity index (χ0n) is 17.7. The fourth-order valence-electron chi connectivity index (χ4n) is 3.36. The summed E-state index contributed by atoms with van der Waals surface area (Å²) in [6.07, 6.45) is 5.30. The lowest BCUT2D eigenvalue weighted by atomic mass is 10.1. The molecule has 9 heteroatoms. The maximum absolute atomic E-state index is 5.32. The van der Waals surface area contributed by atoms with Gasteiger partial charge in [0.15, 0.2) is 11.7 Å². The maximum atomic E-state index is 5.32. The van der Waals surface area contributed by atoms with E-state index in [2.05, 4.69) is 74.0 Å². The molecule has 4 aromatic rings. The van der Waals surface area contributed by atoms with Gasteiger partial charge in [-0.2, -0.15) is 5.10 Å². The number of hydrogen-bond acceptors (Lipinski definition) is 4. The first kappa shape index (κ1) is 22.9. The molecule has 164 valence electrons. The van der Waals surface area contributed by atoms with Crippen LogP contribution in [0, 0.1) is 6.92 Å². The molecule has 8 nitrogen and oxygen atoms in total. The highest BCUT2D eigenvalue weighted by atomic mass is 127. The minimum Gasteiger partial charge on any atom is -0.461 e. The van der Waals surface area contributed by atoms with Crippen molar-refractivity contribution in [2.75, 3.05) is 19.6 Å². The van der Waals surface area contributed by atoms with Gasteiger partial charge in [-0.05, 0) is 49.6 Å². The second-order valence-electron chi connectivity index (χ2n) is 7.13. The van der Waals surface area contributed by atoms with Gasteiger partial charge in [0.2, 0.25) is 5.82 Å². The fourth-order valence-corrected chi connectivity index (χ4v) is 3.36. The molecular formula is C22H28IN7O. The smallest absolute Gasteiger partial charge is 0.216 e. The Balaban J connectivity index is 0.00000272. The van der Waals surface area contributed by atoms with Crippen LogP contribution in [0.5, 0.6) is 0 Å². The molecule has 0 saturated carbocycles. The van der Waals surface area contributed by atoms with Gasteiger partial charge >= 0.3 is 0 Å². The van der Waals surface area contributed by atoms with Gasteiger partial charge < -0.3 is 20.0 Å². The number of halogens is 1. The molecule has 31 heavy (non-hydrogen) atoms. The molecule has 0 spiro atoms. The average Bonchev–Trinajstić information content (AvgIpc) is 3.49. The van der Waals surface area contributed by atoms with Crippen molar-refractivity contribution in [1.82, 2.24) is 30.8 Å². The lowest BCUT2D eigenvalue weighted by molar-refractivity contribution is 0.577. The third kappa shape index (κ3) is 5.87. The first-order valence-corrected chi connectivity index (χ1v) is 10.3. The Hall–Kier alpha value is -2.82. The predicted molar refractivity (Wildman–Crippen MR) is 134 cm³/mol. The van der Waals surface area contributed by atoms with Gasteiger partial charge in [-0.15, -0.1) is 24.0 Å².